The maximum absolute atomic E-state index is 12.4. The molecule has 2 aliphatic carbocycles. The van der Waals surface area contributed by atoms with E-state index in [1.165, 1.54) is 31.2 Å². The van der Waals surface area contributed by atoms with Crippen molar-refractivity contribution in [2.75, 3.05) is 0 Å². The van der Waals surface area contributed by atoms with Gasteiger partial charge >= 0.3 is 0 Å². The van der Waals surface area contributed by atoms with Gasteiger partial charge < -0.3 is 4.42 Å². The van der Waals surface area contributed by atoms with E-state index in [0.29, 0.717) is 23.0 Å². The summed E-state index contributed by atoms with van der Waals surface area (Å²) in [6, 6.07) is 9.67. The summed E-state index contributed by atoms with van der Waals surface area (Å²) in [5.41, 5.74) is 3.40. The normalized spacial score (nSPS) is 26.6. The third-order valence-corrected chi connectivity index (χ3v) is 5.95. The van der Waals surface area contributed by atoms with Crippen LogP contribution in [0.5, 0.6) is 0 Å². The van der Waals surface area contributed by atoms with Crippen molar-refractivity contribution in [1.82, 2.24) is 5.43 Å². The molecule has 1 amide bonds. The van der Waals surface area contributed by atoms with Crippen molar-refractivity contribution in [3.8, 4) is 11.3 Å². The number of benzene rings is 1. The number of nitrogens with one attached hydrogen (secondary N) is 1. The highest BCUT2D eigenvalue weighted by Crippen LogP contribution is 2.66. The number of non-ortho nitro benzene ring substituents is 1. The zero-order valence-corrected chi connectivity index (χ0v) is 15.1. The van der Waals surface area contributed by atoms with E-state index in [4.69, 9.17) is 4.42 Å². The molecule has 1 aromatic carbocycles. The quantitative estimate of drug-likeness (QED) is 0.488. The number of nitrogens with zero attached hydrogens (tertiary/aromatic N) is 2. The van der Waals surface area contributed by atoms with Crippen LogP contribution in [0.15, 0.2) is 45.9 Å². The second-order valence-corrected chi connectivity index (χ2v) is 7.58. The van der Waals surface area contributed by atoms with Crippen molar-refractivity contribution < 1.29 is 14.1 Å². The zero-order chi connectivity index (χ0) is 19.0. The van der Waals surface area contributed by atoms with Crippen LogP contribution in [-0.4, -0.2) is 17.0 Å². The van der Waals surface area contributed by atoms with Crippen LogP contribution < -0.4 is 5.43 Å². The molecule has 140 valence electrons. The molecular weight excluding hydrogens is 346 g/mol. The minimum absolute atomic E-state index is 0.00535. The fourth-order valence-electron chi connectivity index (χ4n) is 4.43. The van der Waals surface area contributed by atoms with Crippen LogP contribution in [0, 0.1) is 27.4 Å². The molecule has 1 heterocycles. The molecule has 0 bridgehead atoms. The van der Waals surface area contributed by atoms with E-state index in [9.17, 15) is 14.9 Å². The Morgan fingerprint density at radius 3 is 2.96 bits per heavy atom. The molecule has 2 saturated carbocycles. The van der Waals surface area contributed by atoms with Crippen LogP contribution >= 0.6 is 0 Å². The van der Waals surface area contributed by atoms with Crippen LogP contribution in [0.4, 0.5) is 5.69 Å². The Kier molecular flexibility index (Phi) is 4.30. The van der Waals surface area contributed by atoms with Gasteiger partial charge in [-0.3, -0.25) is 14.9 Å². The van der Waals surface area contributed by atoms with E-state index in [2.05, 4.69) is 17.5 Å². The zero-order valence-electron chi connectivity index (χ0n) is 15.1. The van der Waals surface area contributed by atoms with Crippen LogP contribution in [-0.2, 0) is 4.79 Å². The molecule has 3 atom stereocenters. The molecule has 1 aromatic heterocycles. The first-order valence-corrected chi connectivity index (χ1v) is 9.16. The van der Waals surface area contributed by atoms with Gasteiger partial charge in [0.2, 0.25) is 5.91 Å². The summed E-state index contributed by atoms with van der Waals surface area (Å²) in [4.78, 5) is 22.8. The predicted molar refractivity (Wildman–Crippen MR) is 100 cm³/mol. The third kappa shape index (κ3) is 3.25. The number of rotatable bonds is 5. The van der Waals surface area contributed by atoms with E-state index in [1.54, 1.807) is 24.3 Å². The minimum Gasteiger partial charge on any atom is -0.455 e. The number of hydrogen-bond donors (Lipinski definition) is 1. The molecule has 7 heteroatoms. The lowest BCUT2D eigenvalue weighted by atomic mass is 9.90. The summed E-state index contributed by atoms with van der Waals surface area (Å²) in [6.45, 7) is 2.20. The highest BCUT2D eigenvalue weighted by molar-refractivity contribution is 5.85. The summed E-state index contributed by atoms with van der Waals surface area (Å²) < 4.78 is 5.65. The van der Waals surface area contributed by atoms with E-state index < -0.39 is 4.92 Å². The molecule has 2 aliphatic rings. The lowest BCUT2D eigenvalue weighted by Gasteiger charge is -2.15. The molecular formula is C20H21N3O4. The molecule has 0 radical (unpaired) electrons. The van der Waals surface area contributed by atoms with Crippen LogP contribution in [0.25, 0.3) is 11.3 Å². The van der Waals surface area contributed by atoms with Crippen molar-refractivity contribution in [2.24, 2.45) is 22.4 Å². The number of carbonyl (C=O) groups is 1. The fourth-order valence-corrected chi connectivity index (χ4v) is 4.43. The van der Waals surface area contributed by atoms with Gasteiger partial charge in [0.25, 0.3) is 5.69 Å². The molecule has 4 rings (SSSR count). The molecule has 2 fully saturated rings. The van der Waals surface area contributed by atoms with Crippen LogP contribution in [0.1, 0.15) is 38.4 Å². The fraction of sp³-hybridized carbons (Fsp3) is 0.400. The smallest absolute Gasteiger partial charge is 0.270 e. The number of carbonyl (C=O) groups excluding carboxylic acids is 1. The molecule has 0 saturated heterocycles. The molecule has 0 spiro atoms. The highest BCUT2D eigenvalue weighted by Gasteiger charge is 2.64. The molecule has 27 heavy (non-hydrogen) atoms. The number of furan rings is 1. The van der Waals surface area contributed by atoms with Gasteiger partial charge in [-0.25, -0.2) is 5.43 Å². The molecule has 1 N–H and O–H groups in total. The maximum Gasteiger partial charge on any atom is 0.270 e. The number of hydrazone groups is 1. The number of hydrogen-bond acceptors (Lipinski definition) is 5. The average Bonchev–Trinajstić information content (AvgIpc) is 3.03. The Balaban J connectivity index is 1.39. The van der Waals surface area contributed by atoms with Gasteiger partial charge in [-0.2, -0.15) is 5.10 Å². The first-order valence-electron chi connectivity index (χ1n) is 9.16. The summed E-state index contributed by atoms with van der Waals surface area (Å²) >= 11 is 0. The lowest BCUT2D eigenvalue weighted by molar-refractivity contribution is -0.384. The van der Waals surface area contributed by atoms with Gasteiger partial charge in [-0.15, -0.1) is 0 Å². The summed E-state index contributed by atoms with van der Waals surface area (Å²) in [6.07, 6.45) is 6.10. The monoisotopic (exact) mass is 367 g/mol. The van der Waals surface area contributed by atoms with E-state index >= 15 is 0 Å². The topological polar surface area (TPSA) is 97.7 Å². The van der Waals surface area contributed by atoms with Crippen molar-refractivity contribution in [3.63, 3.8) is 0 Å². The maximum atomic E-state index is 12.4. The summed E-state index contributed by atoms with van der Waals surface area (Å²) in [5, 5.41) is 14.9. The Hall–Kier alpha value is -2.96. The number of amides is 1. The van der Waals surface area contributed by atoms with E-state index in [0.717, 1.165) is 12.8 Å². The van der Waals surface area contributed by atoms with Gasteiger partial charge in [0, 0.05) is 23.6 Å². The van der Waals surface area contributed by atoms with Crippen LogP contribution in [0.2, 0.25) is 0 Å². The highest BCUT2D eigenvalue weighted by atomic mass is 16.6. The lowest BCUT2D eigenvalue weighted by Crippen LogP contribution is -2.22. The van der Waals surface area contributed by atoms with Crippen LogP contribution in [0.3, 0.4) is 0 Å². The van der Waals surface area contributed by atoms with Crippen molar-refractivity contribution in [2.45, 2.75) is 32.6 Å². The standard InChI is InChI=1S/C20H21N3O4/c1-20-10-3-2-7-16(20)18(20)19(24)22-21-12-15-8-9-17(27-15)13-5-4-6-14(11-13)23(25)26/h4-6,8-9,11-12,16,18H,2-3,7,10H2,1H3,(H,22,24)/b21-12+/t16-,18+,20-/m0/s1. The van der Waals surface area contributed by atoms with Crippen molar-refractivity contribution >= 4 is 17.8 Å². The summed E-state index contributed by atoms with van der Waals surface area (Å²) in [5.74, 6) is 1.51. The minimum atomic E-state index is -0.444. The molecule has 2 aromatic rings. The summed E-state index contributed by atoms with van der Waals surface area (Å²) in [7, 11) is 0. The van der Waals surface area contributed by atoms with Gasteiger partial charge in [0.1, 0.15) is 11.5 Å². The largest absolute Gasteiger partial charge is 0.455 e. The Morgan fingerprint density at radius 2 is 2.22 bits per heavy atom. The van der Waals surface area contributed by atoms with Crippen molar-refractivity contribution in [1.29, 1.82) is 0 Å². The second kappa shape index (κ2) is 6.64. The first kappa shape index (κ1) is 17.5. The third-order valence-electron chi connectivity index (χ3n) is 5.95. The van der Waals surface area contributed by atoms with E-state index in [1.807, 2.05) is 0 Å². The number of nitro benzene ring substituents is 1. The van der Waals surface area contributed by atoms with Gasteiger partial charge in [0.05, 0.1) is 11.1 Å². The molecule has 0 aliphatic heterocycles. The Labute approximate surface area is 156 Å². The SMILES string of the molecule is C[C@]12CCCC[C@H]1[C@@H]2C(=O)N/N=C/c1ccc(-c2cccc([N+](=O)[O-])c2)o1. The average molecular weight is 367 g/mol. The van der Waals surface area contributed by atoms with Gasteiger partial charge in [0.15, 0.2) is 0 Å². The van der Waals surface area contributed by atoms with Gasteiger partial charge in [-0.1, -0.05) is 31.9 Å². The number of fused-ring (bicyclic) bond motifs is 1. The first-order chi connectivity index (χ1) is 13.0. The van der Waals surface area contributed by atoms with E-state index in [-0.39, 0.29) is 22.9 Å². The Morgan fingerprint density at radius 1 is 1.37 bits per heavy atom. The van der Waals surface area contributed by atoms with Gasteiger partial charge in [-0.05, 0) is 36.3 Å². The molecule has 7 nitrogen and oxygen atoms in total. The Bertz CT molecular complexity index is 919. The number of nitro groups is 1. The van der Waals surface area contributed by atoms with Crippen molar-refractivity contribution in [3.05, 3.63) is 52.3 Å². The second-order valence-electron chi connectivity index (χ2n) is 7.58. The molecule has 0 unspecified atom stereocenters. The predicted octanol–water partition coefficient (Wildman–Crippen LogP) is 4.13.